The van der Waals surface area contributed by atoms with Crippen LogP contribution in [0.15, 0.2) is 23.1 Å². The molecule has 0 radical (unpaired) electrons. The predicted octanol–water partition coefficient (Wildman–Crippen LogP) is 2.41. The number of rotatable bonds is 3. The highest BCUT2D eigenvalue weighted by Gasteiger charge is 2.26. The van der Waals surface area contributed by atoms with Crippen LogP contribution < -0.4 is 0 Å². The van der Waals surface area contributed by atoms with E-state index in [0.29, 0.717) is 23.7 Å². The predicted molar refractivity (Wildman–Crippen MR) is 81.9 cm³/mol. The molecular weight excluding hydrogens is 319 g/mol. The van der Waals surface area contributed by atoms with Crippen LogP contribution >= 0.6 is 23.2 Å². The Bertz CT molecular complexity index is 578. The fraction of sp³-hybridized carbons (Fsp3) is 0.538. The van der Waals surface area contributed by atoms with Crippen LogP contribution in [0.2, 0.25) is 5.02 Å². The van der Waals surface area contributed by atoms with E-state index in [0.717, 1.165) is 19.5 Å². The molecule has 112 valence electrons. The molecule has 0 bridgehead atoms. The van der Waals surface area contributed by atoms with Crippen molar-refractivity contribution in [3.05, 3.63) is 28.8 Å². The molecule has 0 atom stereocenters. The van der Waals surface area contributed by atoms with Gasteiger partial charge in [-0.3, -0.25) is 0 Å². The van der Waals surface area contributed by atoms with Gasteiger partial charge in [0.05, 0.1) is 4.90 Å². The Labute approximate surface area is 130 Å². The van der Waals surface area contributed by atoms with Crippen LogP contribution in [0.4, 0.5) is 0 Å². The van der Waals surface area contributed by atoms with Gasteiger partial charge in [-0.05, 0) is 43.8 Å². The van der Waals surface area contributed by atoms with Gasteiger partial charge in [0.15, 0.2) is 0 Å². The topological polar surface area (TPSA) is 40.6 Å². The van der Waals surface area contributed by atoms with Gasteiger partial charge >= 0.3 is 0 Å². The molecule has 1 aliphatic heterocycles. The maximum absolute atomic E-state index is 12.6. The molecule has 0 aromatic heterocycles. The molecule has 4 nitrogen and oxygen atoms in total. The number of likely N-dealkylation sites (N-methyl/N-ethyl adjacent to an activating group) is 1. The molecule has 2 rings (SSSR count). The normalized spacial score (nSPS) is 18.9. The molecule has 0 aliphatic carbocycles. The van der Waals surface area contributed by atoms with Gasteiger partial charge in [-0.2, -0.15) is 4.31 Å². The number of alkyl halides is 1. The quantitative estimate of drug-likeness (QED) is 0.796. The van der Waals surface area contributed by atoms with E-state index in [1.165, 1.54) is 4.31 Å². The fourth-order valence-corrected chi connectivity index (χ4v) is 4.22. The maximum atomic E-state index is 12.6. The molecule has 1 aromatic rings. The van der Waals surface area contributed by atoms with E-state index in [2.05, 4.69) is 4.90 Å². The standard InChI is InChI=1S/C13H18Cl2N2O2S/c1-16-5-2-6-17(8-7-16)20(18,19)12-3-4-13(15)11(9-12)10-14/h3-4,9H,2,5-8,10H2,1H3. The van der Waals surface area contributed by atoms with E-state index >= 15 is 0 Å². The average Bonchev–Trinajstić information content (AvgIpc) is 2.64. The highest BCUT2D eigenvalue weighted by Crippen LogP contribution is 2.24. The molecule has 20 heavy (non-hydrogen) atoms. The van der Waals surface area contributed by atoms with Crippen molar-refractivity contribution >= 4 is 33.2 Å². The van der Waals surface area contributed by atoms with Crippen LogP contribution in [0, 0.1) is 0 Å². The van der Waals surface area contributed by atoms with Gasteiger partial charge in [0, 0.05) is 30.5 Å². The zero-order valence-corrected chi connectivity index (χ0v) is 13.7. The third kappa shape index (κ3) is 3.46. The molecule has 1 fully saturated rings. The minimum absolute atomic E-state index is 0.199. The second-order valence-corrected chi connectivity index (χ2v) is 7.56. The van der Waals surface area contributed by atoms with Crippen LogP contribution in [0.5, 0.6) is 0 Å². The Morgan fingerprint density at radius 1 is 1.20 bits per heavy atom. The van der Waals surface area contributed by atoms with Crippen LogP contribution in [-0.4, -0.2) is 50.8 Å². The summed E-state index contributed by atoms with van der Waals surface area (Å²) in [6, 6.07) is 4.71. The summed E-state index contributed by atoms with van der Waals surface area (Å²) in [5.41, 5.74) is 0.640. The van der Waals surface area contributed by atoms with Gasteiger partial charge in [-0.1, -0.05) is 11.6 Å². The Hall–Kier alpha value is -0.330. The van der Waals surface area contributed by atoms with Crippen molar-refractivity contribution in [1.82, 2.24) is 9.21 Å². The SMILES string of the molecule is CN1CCCN(S(=O)(=O)c2ccc(Cl)c(CCl)c2)CC1. The summed E-state index contributed by atoms with van der Waals surface area (Å²) < 4.78 is 26.8. The first-order chi connectivity index (χ1) is 9.45. The molecule has 0 N–H and O–H groups in total. The Morgan fingerprint density at radius 3 is 2.65 bits per heavy atom. The van der Waals surface area contributed by atoms with Crippen LogP contribution in [0.1, 0.15) is 12.0 Å². The van der Waals surface area contributed by atoms with Crippen molar-refractivity contribution in [2.75, 3.05) is 33.2 Å². The zero-order chi connectivity index (χ0) is 14.8. The largest absolute Gasteiger partial charge is 0.305 e. The molecular formula is C13H18Cl2N2O2S. The molecule has 1 saturated heterocycles. The van der Waals surface area contributed by atoms with Gasteiger partial charge in [0.1, 0.15) is 0 Å². The maximum Gasteiger partial charge on any atom is 0.243 e. The molecule has 0 amide bonds. The number of sulfonamides is 1. The fourth-order valence-electron chi connectivity index (χ4n) is 2.23. The number of benzene rings is 1. The van der Waals surface area contributed by atoms with Crippen molar-refractivity contribution in [2.24, 2.45) is 0 Å². The molecule has 1 aliphatic rings. The summed E-state index contributed by atoms with van der Waals surface area (Å²) in [7, 11) is -1.46. The first-order valence-corrected chi connectivity index (χ1v) is 8.83. The lowest BCUT2D eigenvalue weighted by Crippen LogP contribution is -2.34. The second-order valence-electron chi connectivity index (χ2n) is 4.95. The van der Waals surface area contributed by atoms with Crippen molar-refractivity contribution < 1.29 is 8.42 Å². The molecule has 7 heteroatoms. The average molecular weight is 337 g/mol. The van der Waals surface area contributed by atoms with Gasteiger partial charge < -0.3 is 4.90 Å². The van der Waals surface area contributed by atoms with Crippen LogP contribution in [-0.2, 0) is 15.9 Å². The minimum atomic E-state index is -3.47. The number of hydrogen-bond acceptors (Lipinski definition) is 3. The third-order valence-electron chi connectivity index (χ3n) is 3.48. The van der Waals surface area contributed by atoms with E-state index in [9.17, 15) is 8.42 Å². The Kier molecular flexibility index (Phi) is 5.31. The summed E-state index contributed by atoms with van der Waals surface area (Å²) in [5, 5.41) is 0.495. The molecule has 0 saturated carbocycles. The molecule has 0 spiro atoms. The summed E-state index contributed by atoms with van der Waals surface area (Å²) in [4.78, 5) is 2.41. The summed E-state index contributed by atoms with van der Waals surface area (Å²) in [6.07, 6.45) is 0.839. The number of halogens is 2. The monoisotopic (exact) mass is 336 g/mol. The second kappa shape index (κ2) is 6.62. The first kappa shape index (κ1) is 16.0. The van der Waals surface area contributed by atoms with Crippen molar-refractivity contribution in [3.63, 3.8) is 0 Å². The summed E-state index contributed by atoms with van der Waals surface area (Å²) >= 11 is 11.8. The Balaban J connectivity index is 2.29. The summed E-state index contributed by atoms with van der Waals surface area (Å²) in [5.74, 6) is 0.199. The number of nitrogens with zero attached hydrogens (tertiary/aromatic N) is 2. The highest BCUT2D eigenvalue weighted by molar-refractivity contribution is 7.89. The lowest BCUT2D eigenvalue weighted by Gasteiger charge is -2.20. The lowest BCUT2D eigenvalue weighted by molar-refractivity contribution is 0.347. The zero-order valence-electron chi connectivity index (χ0n) is 11.3. The van der Waals surface area contributed by atoms with Gasteiger partial charge in [0.25, 0.3) is 0 Å². The van der Waals surface area contributed by atoms with Crippen molar-refractivity contribution in [3.8, 4) is 0 Å². The van der Waals surface area contributed by atoms with E-state index < -0.39 is 10.0 Å². The molecule has 1 aromatic carbocycles. The highest BCUT2D eigenvalue weighted by atomic mass is 35.5. The van der Waals surface area contributed by atoms with Crippen molar-refractivity contribution in [1.29, 1.82) is 0 Å². The van der Waals surface area contributed by atoms with Crippen molar-refractivity contribution in [2.45, 2.75) is 17.2 Å². The Morgan fingerprint density at radius 2 is 1.95 bits per heavy atom. The smallest absolute Gasteiger partial charge is 0.243 e. The van der Waals surface area contributed by atoms with E-state index in [-0.39, 0.29) is 10.8 Å². The van der Waals surface area contributed by atoms with E-state index in [1.54, 1.807) is 18.2 Å². The van der Waals surface area contributed by atoms with E-state index in [4.69, 9.17) is 23.2 Å². The number of hydrogen-bond donors (Lipinski definition) is 0. The van der Waals surface area contributed by atoms with Gasteiger partial charge in [-0.25, -0.2) is 8.42 Å². The van der Waals surface area contributed by atoms with Gasteiger partial charge in [0.2, 0.25) is 10.0 Å². The first-order valence-electron chi connectivity index (χ1n) is 6.48. The van der Waals surface area contributed by atoms with E-state index in [1.807, 2.05) is 7.05 Å². The third-order valence-corrected chi connectivity index (χ3v) is 6.03. The molecule has 0 unspecified atom stereocenters. The molecule has 1 heterocycles. The van der Waals surface area contributed by atoms with Gasteiger partial charge in [-0.15, -0.1) is 11.6 Å². The lowest BCUT2D eigenvalue weighted by atomic mass is 10.2. The van der Waals surface area contributed by atoms with Crippen LogP contribution in [0.3, 0.4) is 0 Å². The van der Waals surface area contributed by atoms with Crippen LogP contribution in [0.25, 0.3) is 0 Å². The minimum Gasteiger partial charge on any atom is -0.305 e. The summed E-state index contributed by atoms with van der Waals surface area (Å²) in [6.45, 7) is 2.72.